The summed E-state index contributed by atoms with van der Waals surface area (Å²) in [5.41, 5.74) is 12.1. The van der Waals surface area contributed by atoms with Gasteiger partial charge in [0.1, 0.15) is 5.76 Å². The molecule has 3 nitrogen and oxygen atoms in total. The minimum absolute atomic E-state index is 0.0174. The highest BCUT2D eigenvalue weighted by molar-refractivity contribution is 8.03. The number of nitrogens with zero attached hydrogens (tertiary/aromatic N) is 1. The maximum atomic E-state index is 12.0. The number of benzene rings is 3. The molecule has 0 amide bonds. The Kier molecular flexibility index (Phi) is 13.6. The smallest absolute Gasteiger partial charge is 0.126 e. The van der Waals surface area contributed by atoms with Gasteiger partial charge in [0.2, 0.25) is 0 Å². The Morgan fingerprint density at radius 1 is 0.905 bits per heavy atom. The first-order valence-corrected chi connectivity index (χ1v) is 24.6. The van der Waals surface area contributed by atoms with Gasteiger partial charge in [0.05, 0.1) is 30.1 Å². The fraction of sp³-hybridized carbons (Fsp3) is 0.356. The summed E-state index contributed by atoms with van der Waals surface area (Å²) < 4.78 is 7.58. The van der Waals surface area contributed by atoms with Crippen molar-refractivity contribution in [1.82, 2.24) is 0 Å². The molecule has 5 aliphatic carbocycles. The number of fused-ring (bicyclic) bond motifs is 10. The molecular weight excluding hydrogens is 787 g/mol. The number of thioether (sulfide) groups is 1. The lowest BCUT2D eigenvalue weighted by molar-refractivity contribution is 0.138. The van der Waals surface area contributed by atoms with Crippen LogP contribution >= 0.6 is 11.8 Å². The van der Waals surface area contributed by atoms with Crippen molar-refractivity contribution in [2.45, 2.75) is 120 Å². The Morgan fingerprint density at radius 3 is 2.52 bits per heavy atom. The van der Waals surface area contributed by atoms with Crippen LogP contribution in [-0.2, 0) is 4.74 Å². The lowest BCUT2D eigenvalue weighted by Crippen LogP contribution is -2.37. The van der Waals surface area contributed by atoms with Crippen molar-refractivity contribution >= 4 is 17.4 Å². The third kappa shape index (κ3) is 9.45. The minimum Gasteiger partial charge on any atom is -0.494 e. The summed E-state index contributed by atoms with van der Waals surface area (Å²) in [4.78, 5) is 5.29. The van der Waals surface area contributed by atoms with Gasteiger partial charge in [-0.2, -0.15) is 0 Å². The van der Waals surface area contributed by atoms with Crippen LogP contribution in [0, 0.1) is 11.8 Å². The van der Waals surface area contributed by atoms with Gasteiger partial charge in [0, 0.05) is 21.6 Å². The highest BCUT2D eigenvalue weighted by atomic mass is 32.2. The quantitative estimate of drug-likeness (QED) is 0.245. The van der Waals surface area contributed by atoms with Gasteiger partial charge in [-0.15, -0.1) is 0 Å². The summed E-state index contributed by atoms with van der Waals surface area (Å²) in [5.74, 6) is 2.35. The van der Waals surface area contributed by atoms with Gasteiger partial charge < -0.3 is 14.7 Å². The molecule has 6 aliphatic rings. The van der Waals surface area contributed by atoms with Gasteiger partial charge in [-0.05, 0) is 135 Å². The van der Waals surface area contributed by atoms with E-state index in [1.54, 1.807) is 0 Å². The summed E-state index contributed by atoms with van der Waals surface area (Å²) in [6, 6.07) is 26.9. The number of hydrogen-bond donors (Lipinski definition) is 1. The summed E-state index contributed by atoms with van der Waals surface area (Å²) in [6.07, 6.45) is 39.7. The monoisotopic (exact) mass is 851 g/mol. The standard InChI is InChI=1S/C59H65NO2S/c1-5-20-44-24-16-17-27-47-37-46(44)31-35-55(61)51-38-52(51)57-50(47)34-36-56-58(57)60(48-28-18-19-29-49(63-56)33-32-48)54-30-15-7-6-10-21-40(2)41(3)59(54)62-39-53(45-25-13-9-14-26-45)42(4)43-22-11-8-12-23-43/h5-6,8-16,18-26,28-30,33-34,36,41-42,47-48,51-53,55,61H,7,17,27,31-32,35,37-39H2,1-4H3. The van der Waals surface area contributed by atoms with E-state index in [1.165, 1.54) is 54.5 Å². The van der Waals surface area contributed by atoms with E-state index < -0.39 is 0 Å². The predicted octanol–water partition coefficient (Wildman–Crippen LogP) is 15.2. The average Bonchev–Trinajstić information content (AvgIpc) is 4.09. The molecule has 1 N–H and O–H groups in total. The van der Waals surface area contributed by atoms with E-state index in [-0.39, 0.29) is 35.8 Å². The molecule has 8 atom stereocenters. The van der Waals surface area contributed by atoms with E-state index in [2.05, 4.69) is 190 Å². The SMILES string of the molecule is CC=CC1=C2CCC(O)C3CC3c3c(ccc4c3N(C3=C(OCC(c5ccccc5)C(C)c5ccccc5)C(C)C(C)=CC=CCC=C3)C3C=CC=CC(=CC3)S4)C(CCC=C1)C2. The summed E-state index contributed by atoms with van der Waals surface area (Å²) in [6.45, 7) is 9.64. The number of rotatable bonds is 8. The van der Waals surface area contributed by atoms with Gasteiger partial charge in [0.15, 0.2) is 0 Å². The third-order valence-corrected chi connectivity index (χ3v) is 15.7. The van der Waals surface area contributed by atoms with E-state index in [9.17, 15) is 5.11 Å². The molecule has 8 unspecified atom stereocenters. The van der Waals surface area contributed by atoms with Crippen molar-refractivity contribution in [1.29, 1.82) is 0 Å². The van der Waals surface area contributed by atoms with Crippen LogP contribution in [0.2, 0.25) is 0 Å². The molecule has 324 valence electrons. The second kappa shape index (κ2) is 19.8. The van der Waals surface area contributed by atoms with Crippen LogP contribution in [0.5, 0.6) is 0 Å². The molecule has 0 aromatic heterocycles. The average molecular weight is 852 g/mol. The van der Waals surface area contributed by atoms with Crippen LogP contribution in [0.15, 0.2) is 196 Å². The second-order valence-corrected chi connectivity index (χ2v) is 19.7. The molecule has 3 aromatic rings. The van der Waals surface area contributed by atoms with Crippen molar-refractivity contribution in [3.63, 3.8) is 0 Å². The number of aliphatic hydroxyl groups excluding tert-OH is 1. The first-order chi connectivity index (χ1) is 30.9. The summed E-state index contributed by atoms with van der Waals surface area (Å²) in [5, 5.41) is 12.0. The largest absolute Gasteiger partial charge is 0.494 e. The Bertz CT molecular complexity index is 2440. The predicted molar refractivity (Wildman–Crippen MR) is 266 cm³/mol. The van der Waals surface area contributed by atoms with Crippen LogP contribution in [0.4, 0.5) is 5.69 Å². The van der Waals surface area contributed by atoms with Crippen LogP contribution in [0.25, 0.3) is 0 Å². The maximum Gasteiger partial charge on any atom is 0.126 e. The van der Waals surface area contributed by atoms with Gasteiger partial charge in [-0.1, -0.05) is 176 Å². The highest BCUT2D eigenvalue weighted by Crippen LogP contribution is 2.60. The molecule has 1 saturated carbocycles. The fourth-order valence-corrected chi connectivity index (χ4v) is 11.8. The maximum absolute atomic E-state index is 12.0. The van der Waals surface area contributed by atoms with E-state index in [0.717, 1.165) is 62.8 Å². The zero-order chi connectivity index (χ0) is 43.3. The number of hydrogen-bond acceptors (Lipinski definition) is 4. The van der Waals surface area contributed by atoms with Gasteiger partial charge in [0.25, 0.3) is 0 Å². The molecule has 1 heterocycles. The molecule has 0 radical (unpaired) electrons. The van der Waals surface area contributed by atoms with E-state index in [4.69, 9.17) is 4.74 Å². The molecule has 3 aromatic carbocycles. The van der Waals surface area contributed by atoms with E-state index in [1.807, 2.05) is 11.8 Å². The number of ether oxygens (including phenoxy) is 1. The summed E-state index contributed by atoms with van der Waals surface area (Å²) >= 11 is 1.91. The van der Waals surface area contributed by atoms with Crippen molar-refractivity contribution in [3.8, 4) is 0 Å². The van der Waals surface area contributed by atoms with E-state index in [0.29, 0.717) is 18.4 Å². The van der Waals surface area contributed by atoms with Crippen LogP contribution in [0.3, 0.4) is 0 Å². The Labute approximate surface area is 381 Å². The first-order valence-electron chi connectivity index (χ1n) is 23.7. The normalized spacial score (nSPS) is 26.8. The molecular formula is C59H65NO2S. The molecule has 0 saturated heterocycles. The second-order valence-electron chi connectivity index (χ2n) is 18.6. The number of aliphatic hydroxyl groups is 1. The van der Waals surface area contributed by atoms with Crippen molar-refractivity contribution < 1.29 is 9.84 Å². The van der Waals surface area contributed by atoms with Crippen molar-refractivity contribution in [3.05, 3.63) is 213 Å². The fourth-order valence-electron chi connectivity index (χ4n) is 10.8. The molecule has 4 bridgehead atoms. The molecule has 9 rings (SSSR count). The minimum atomic E-state index is -0.334. The van der Waals surface area contributed by atoms with Crippen molar-refractivity contribution in [2.24, 2.45) is 11.8 Å². The van der Waals surface area contributed by atoms with Gasteiger partial charge in [-0.3, -0.25) is 0 Å². The van der Waals surface area contributed by atoms with Gasteiger partial charge >= 0.3 is 0 Å². The summed E-state index contributed by atoms with van der Waals surface area (Å²) in [7, 11) is 0. The third-order valence-electron chi connectivity index (χ3n) is 14.6. The zero-order valence-corrected chi connectivity index (χ0v) is 38.5. The Morgan fingerprint density at radius 2 is 1.71 bits per heavy atom. The highest BCUT2D eigenvalue weighted by Gasteiger charge is 2.48. The van der Waals surface area contributed by atoms with Gasteiger partial charge in [-0.25, -0.2) is 0 Å². The number of allylic oxidation sites excluding steroid dienone is 15. The molecule has 0 spiro atoms. The van der Waals surface area contributed by atoms with Crippen molar-refractivity contribution in [2.75, 3.05) is 11.5 Å². The molecule has 63 heavy (non-hydrogen) atoms. The van der Waals surface area contributed by atoms with E-state index >= 15 is 0 Å². The van der Waals surface area contributed by atoms with Crippen LogP contribution in [0.1, 0.15) is 125 Å². The Hall–Kier alpha value is -5.03. The Balaban J connectivity index is 1.27. The lowest BCUT2D eigenvalue weighted by Gasteiger charge is -2.40. The lowest BCUT2D eigenvalue weighted by atomic mass is 9.78. The molecule has 1 fully saturated rings. The topological polar surface area (TPSA) is 32.7 Å². The molecule has 1 aliphatic heterocycles. The van der Waals surface area contributed by atoms with Crippen LogP contribution < -0.4 is 4.90 Å². The number of anilines is 1. The van der Waals surface area contributed by atoms with Crippen LogP contribution in [-0.4, -0.2) is 23.9 Å². The zero-order valence-electron chi connectivity index (χ0n) is 37.7. The first kappa shape index (κ1) is 43.2. The molecule has 4 heteroatoms.